The maximum Gasteiger partial charge on any atom is 0.121 e. The summed E-state index contributed by atoms with van der Waals surface area (Å²) in [7, 11) is 0. The second-order valence-corrected chi connectivity index (χ2v) is 5.23. The number of hydrogen-bond acceptors (Lipinski definition) is 3. The van der Waals surface area contributed by atoms with Gasteiger partial charge in [-0.25, -0.2) is 0 Å². The number of rotatable bonds is 2. The first-order valence-corrected chi connectivity index (χ1v) is 4.95. The Morgan fingerprint density at radius 1 is 1.46 bits per heavy atom. The molecular weight excluding hydrogens is 162 g/mol. The van der Waals surface area contributed by atoms with Crippen LogP contribution < -0.4 is 5.43 Å². The summed E-state index contributed by atoms with van der Waals surface area (Å²) in [6.45, 7) is 12.2. The molecule has 1 heterocycles. The monoisotopic (exact) mass is 183 g/mol. The molecule has 0 saturated heterocycles. The van der Waals surface area contributed by atoms with Crippen LogP contribution in [0.25, 0.3) is 0 Å². The lowest BCUT2D eigenvalue weighted by molar-refractivity contribution is 0.147. The predicted molar refractivity (Wildman–Crippen MR) is 56.4 cm³/mol. The highest BCUT2D eigenvalue weighted by molar-refractivity contribution is 5.57. The molecule has 3 heteroatoms. The largest absolute Gasteiger partial charge is 0.339 e. The summed E-state index contributed by atoms with van der Waals surface area (Å²) in [5.41, 5.74) is 3.37. The number of hydrogen-bond donors (Lipinski definition) is 1. The average Bonchev–Trinajstić information content (AvgIpc) is 2.31. The third-order valence-electron chi connectivity index (χ3n) is 2.13. The molecule has 1 aliphatic rings. The lowest BCUT2D eigenvalue weighted by Gasteiger charge is -2.35. The van der Waals surface area contributed by atoms with Gasteiger partial charge < -0.3 is 4.90 Å². The first kappa shape index (κ1) is 10.4. The van der Waals surface area contributed by atoms with E-state index in [-0.39, 0.29) is 5.41 Å². The molecule has 1 rings (SSSR count). The maximum atomic E-state index is 4.12. The fraction of sp³-hybridized carbons (Fsp3) is 0.900. The molecule has 0 radical (unpaired) electrons. The van der Waals surface area contributed by atoms with Crippen molar-refractivity contribution in [3.05, 3.63) is 0 Å². The van der Waals surface area contributed by atoms with Gasteiger partial charge in [-0.05, 0) is 5.92 Å². The van der Waals surface area contributed by atoms with Gasteiger partial charge in [-0.3, -0.25) is 5.43 Å². The van der Waals surface area contributed by atoms with Crippen molar-refractivity contribution in [1.82, 2.24) is 10.3 Å². The van der Waals surface area contributed by atoms with Gasteiger partial charge in [-0.2, -0.15) is 5.10 Å². The van der Waals surface area contributed by atoms with E-state index in [1.54, 1.807) is 0 Å². The summed E-state index contributed by atoms with van der Waals surface area (Å²) in [6, 6.07) is 0. The van der Waals surface area contributed by atoms with Crippen LogP contribution in [0, 0.1) is 11.3 Å². The van der Waals surface area contributed by atoms with E-state index in [0.717, 1.165) is 6.54 Å². The highest BCUT2D eigenvalue weighted by Crippen LogP contribution is 2.24. The van der Waals surface area contributed by atoms with Crippen LogP contribution in [0.15, 0.2) is 5.10 Å². The van der Waals surface area contributed by atoms with Crippen LogP contribution in [0.3, 0.4) is 0 Å². The second kappa shape index (κ2) is 3.56. The molecule has 1 N–H and O–H groups in total. The molecule has 0 aromatic carbocycles. The summed E-state index contributed by atoms with van der Waals surface area (Å²) in [6.07, 6.45) is 2.26. The van der Waals surface area contributed by atoms with Crippen molar-refractivity contribution in [2.24, 2.45) is 16.4 Å². The standard InChI is InChI=1S/C10H21N3/c1-8(2)6-13-7-11-12-9(13)10(3,4)5/h7-9,12H,6H2,1-5H3. The highest BCUT2D eigenvalue weighted by Gasteiger charge is 2.31. The zero-order chi connectivity index (χ0) is 10.1. The SMILES string of the molecule is CC(C)CN1C=NNC1C(C)(C)C. The minimum absolute atomic E-state index is 0.228. The Balaban J connectivity index is 2.58. The van der Waals surface area contributed by atoms with Crippen molar-refractivity contribution in [2.45, 2.75) is 40.8 Å². The lowest BCUT2D eigenvalue weighted by Crippen LogP contribution is -2.47. The third-order valence-corrected chi connectivity index (χ3v) is 2.13. The third kappa shape index (κ3) is 2.61. The van der Waals surface area contributed by atoms with E-state index in [2.05, 4.69) is 50.0 Å². The van der Waals surface area contributed by atoms with E-state index in [9.17, 15) is 0 Å². The molecule has 0 bridgehead atoms. The van der Waals surface area contributed by atoms with Crippen LogP contribution in [-0.4, -0.2) is 23.9 Å². The molecule has 1 aliphatic heterocycles. The van der Waals surface area contributed by atoms with Gasteiger partial charge in [-0.1, -0.05) is 34.6 Å². The molecular formula is C10H21N3. The molecule has 0 aromatic heterocycles. The van der Waals surface area contributed by atoms with Crippen LogP contribution in [-0.2, 0) is 0 Å². The maximum absolute atomic E-state index is 4.12. The van der Waals surface area contributed by atoms with Crippen LogP contribution in [0.4, 0.5) is 0 Å². The van der Waals surface area contributed by atoms with Gasteiger partial charge in [-0.15, -0.1) is 0 Å². The molecule has 1 atom stereocenters. The topological polar surface area (TPSA) is 27.6 Å². The Labute approximate surface area is 81.2 Å². The zero-order valence-electron chi connectivity index (χ0n) is 9.33. The van der Waals surface area contributed by atoms with E-state index in [1.807, 2.05) is 6.34 Å². The first-order valence-electron chi connectivity index (χ1n) is 4.95. The van der Waals surface area contributed by atoms with Crippen LogP contribution >= 0.6 is 0 Å². The van der Waals surface area contributed by atoms with Gasteiger partial charge in [0.05, 0.1) is 0 Å². The van der Waals surface area contributed by atoms with Gasteiger partial charge in [0.2, 0.25) is 0 Å². The Bertz CT molecular complexity index is 191. The Hall–Kier alpha value is -0.730. The van der Waals surface area contributed by atoms with Crippen LogP contribution in [0.2, 0.25) is 0 Å². The van der Waals surface area contributed by atoms with Crippen molar-refractivity contribution < 1.29 is 0 Å². The molecule has 0 fully saturated rings. The van der Waals surface area contributed by atoms with Crippen LogP contribution in [0.1, 0.15) is 34.6 Å². The Kier molecular flexibility index (Phi) is 2.84. The fourth-order valence-electron chi connectivity index (χ4n) is 1.58. The van der Waals surface area contributed by atoms with Crippen molar-refractivity contribution in [1.29, 1.82) is 0 Å². The van der Waals surface area contributed by atoms with Crippen molar-refractivity contribution in [2.75, 3.05) is 6.54 Å². The van der Waals surface area contributed by atoms with E-state index in [0.29, 0.717) is 12.1 Å². The van der Waals surface area contributed by atoms with Crippen molar-refractivity contribution in [3.8, 4) is 0 Å². The van der Waals surface area contributed by atoms with Gasteiger partial charge >= 0.3 is 0 Å². The smallest absolute Gasteiger partial charge is 0.121 e. The van der Waals surface area contributed by atoms with Crippen molar-refractivity contribution in [3.63, 3.8) is 0 Å². The quantitative estimate of drug-likeness (QED) is 0.707. The second-order valence-electron chi connectivity index (χ2n) is 5.23. The summed E-state index contributed by atoms with van der Waals surface area (Å²) >= 11 is 0. The minimum Gasteiger partial charge on any atom is -0.339 e. The molecule has 76 valence electrons. The summed E-state index contributed by atoms with van der Waals surface area (Å²) in [5, 5.41) is 4.12. The zero-order valence-corrected chi connectivity index (χ0v) is 9.33. The van der Waals surface area contributed by atoms with Gasteiger partial charge in [0.1, 0.15) is 12.5 Å². The molecule has 3 nitrogen and oxygen atoms in total. The fourth-order valence-corrected chi connectivity index (χ4v) is 1.58. The van der Waals surface area contributed by atoms with Gasteiger partial charge in [0.25, 0.3) is 0 Å². The van der Waals surface area contributed by atoms with Crippen molar-refractivity contribution >= 4 is 6.34 Å². The number of nitrogens with one attached hydrogen (secondary N) is 1. The van der Waals surface area contributed by atoms with E-state index in [4.69, 9.17) is 0 Å². The summed E-state index contributed by atoms with van der Waals surface area (Å²) in [5.74, 6) is 0.677. The summed E-state index contributed by atoms with van der Waals surface area (Å²) < 4.78 is 0. The molecule has 0 amide bonds. The Morgan fingerprint density at radius 2 is 2.08 bits per heavy atom. The number of nitrogens with zero attached hydrogens (tertiary/aromatic N) is 2. The lowest BCUT2D eigenvalue weighted by atomic mass is 9.91. The van der Waals surface area contributed by atoms with Gasteiger partial charge in [0.15, 0.2) is 0 Å². The predicted octanol–water partition coefficient (Wildman–Crippen LogP) is 1.86. The highest BCUT2D eigenvalue weighted by atomic mass is 15.5. The van der Waals surface area contributed by atoms with Gasteiger partial charge in [0, 0.05) is 12.0 Å². The van der Waals surface area contributed by atoms with E-state index >= 15 is 0 Å². The van der Waals surface area contributed by atoms with E-state index < -0.39 is 0 Å². The molecule has 13 heavy (non-hydrogen) atoms. The average molecular weight is 183 g/mol. The van der Waals surface area contributed by atoms with E-state index in [1.165, 1.54) is 0 Å². The molecule has 0 aromatic rings. The number of hydrazone groups is 1. The Morgan fingerprint density at radius 3 is 2.54 bits per heavy atom. The summed E-state index contributed by atoms with van der Waals surface area (Å²) in [4.78, 5) is 2.28. The van der Waals surface area contributed by atoms with Crippen LogP contribution in [0.5, 0.6) is 0 Å². The minimum atomic E-state index is 0.228. The molecule has 0 aliphatic carbocycles. The molecule has 0 spiro atoms. The normalized spacial score (nSPS) is 22.6. The molecule has 0 saturated carbocycles. The first-order chi connectivity index (χ1) is 5.91. The molecule has 1 unspecified atom stereocenters.